The predicted molar refractivity (Wildman–Crippen MR) is 180 cm³/mol. The minimum Gasteiger partial charge on any atom is -0.506 e. The van der Waals surface area contributed by atoms with Gasteiger partial charge in [0.05, 0.1) is 42.0 Å². The monoisotopic (exact) mass is 617 g/mol. The van der Waals surface area contributed by atoms with E-state index in [1.54, 1.807) is 6.07 Å². The Labute approximate surface area is 266 Å². The van der Waals surface area contributed by atoms with E-state index in [-0.39, 0.29) is 23.2 Å². The van der Waals surface area contributed by atoms with Gasteiger partial charge < -0.3 is 50.5 Å². The standard InChI is InChI=1S/C35H35N7O4/c1-36-24-8-9-27(43)31-21(24)13-41-17-40(31)12-18-10-28(44)32-23(30(18)41)15-39-16-42(32)14-22-26(39)11-20(34(45)33(22)38(2)3)29-19-6-4-5-7-25(19)37-35(29)46/h4-11,29,36,43-45H,12-17H2,1-3H3,(H,37,46). The molecule has 0 saturated heterocycles. The lowest BCUT2D eigenvalue weighted by Crippen LogP contribution is -2.50. The van der Waals surface area contributed by atoms with E-state index in [0.29, 0.717) is 50.8 Å². The number of carbonyl (C=O) groups excluding carboxylic acids is 1. The first-order chi connectivity index (χ1) is 22.2. The number of para-hydroxylation sites is 1. The lowest BCUT2D eigenvalue weighted by Gasteiger charge is -2.50. The normalized spacial score (nSPS) is 18.3. The first-order valence-electron chi connectivity index (χ1n) is 15.6. The van der Waals surface area contributed by atoms with Crippen molar-refractivity contribution in [2.45, 2.75) is 32.1 Å². The third-order valence-corrected chi connectivity index (χ3v) is 10.3. The molecule has 0 spiro atoms. The molecule has 4 aromatic rings. The molecule has 234 valence electrons. The molecule has 0 radical (unpaired) electrons. The summed E-state index contributed by atoms with van der Waals surface area (Å²) in [5, 5.41) is 40.5. The fourth-order valence-corrected chi connectivity index (χ4v) is 8.51. The highest BCUT2D eigenvalue weighted by atomic mass is 16.3. The Hall–Kier alpha value is -5.45. The maximum absolute atomic E-state index is 13.3. The van der Waals surface area contributed by atoms with Crippen molar-refractivity contribution in [2.75, 3.05) is 69.6 Å². The molecule has 0 aromatic heterocycles. The molecule has 46 heavy (non-hydrogen) atoms. The molecule has 5 N–H and O–H groups in total. The van der Waals surface area contributed by atoms with Gasteiger partial charge in [0.15, 0.2) is 0 Å². The molecule has 0 aliphatic carbocycles. The van der Waals surface area contributed by atoms with Gasteiger partial charge in [-0.25, -0.2) is 0 Å². The molecular weight excluding hydrogens is 582 g/mol. The van der Waals surface area contributed by atoms with Crippen LogP contribution in [0.2, 0.25) is 0 Å². The number of rotatable bonds is 3. The lowest BCUT2D eigenvalue weighted by atomic mass is 9.87. The SMILES string of the molecule is CNc1ccc(O)c2c1CN1CN2Cc2cc(O)c3c(c21)CN1CN3Cc2c1cc(C1C(=O)Nc3ccccc31)c(O)c2N(C)C. The maximum Gasteiger partial charge on any atom is 0.236 e. The van der Waals surface area contributed by atoms with Crippen LogP contribution in [0, 0.1) is 0 Å². The summed E-state index contributed by atoms with van der Waals surface area (Å²) in [5.74, 6) is -0.169. The molecule has 11 nitrogen and oxygen atoms in total. The maximum atomic E-state index is 13.3. The van der Waals surface area contributed by atoms with Gasteiger partial charge in [-0.2, -0.15) is 0 Å². The van der Waals surface area contributed by atoms with Crippen molar-refractivity contribution in [3.8, 4) is 17.2 Å². The minimum atomic E-state index is -0.621. The number of phenolic OH excluding ortho intramolecular Hbond substituents is 3. The molecule has 5 aliphatic heterocycles. The Bertz CT molecular complexity index is 2010. The van der Waals surface area contributed by atoms with Crippen LogP contribution in [-0.4, -0.2) is 55.7 Å². The summed E-state index contributed by atoms with van der Waals surface area (Å²) in [6.45, 7) is 3.44. The minimum absolute atomic E-state index is 0.105. The van der Waals surface area contributed by atoms with Gasteiger partial charge in [0, 0.05) is 86.6 Å². The van der Waals surface area contributed by atoms with Crippen molar-refractivity contribution in [3.05, 3.63) is 81.9 Å². The molecule has 4 bridgehead atoms. The molecule has 11 heteroatoms. The van der Waals surface area contributed by atoms with Crippen LogP contribution >= 0.6 is 0 Å². The molecule has 1 amide bonds. The van der Waals surface area contributed by atoms with E-state index in [4.69, 9.17) is 0 Å². The third-order valence-electron chi connectivity index (χ3n) is 10.3. The number of nitrogens with one attached hydrogen (secondary N) is 2. The fraction of sp³-hybridized carbons (Fsp3) is 0.286. The van der Waals surface area contributed by atoms with Crippen molar-refractivity contribution in [1.29, 1.82) is 0 Å². The molecule has 4 aromatic carbocycles. The first-order valence-corrected chi connectivity index (χ1v) is 15.6. The van der Waals surface area contributed by atoms with E-state index in [1.807, 2.05) is 68.5 Å². The quantitative estimate of drug-likeness (QED) is 0.209. The molecule has 0 saturated carbocycles. The highest BCUT2D eigenvalue weighted by Gasteiger charge is 2.42. The largest absolute Gasteiger partial charge is 0.506 e. The van der Waals surface area contributed by atoms with Gasteiger partial charge >= 0.3 is 0 Å². The van der Waals surface area contributed by atoms with Crippen LogP contribution < -0.4 is 35.1 Å². The van der Waals surface area contributed by atoms with Gasteiger partial charge in [-0.3, -0.25) is 4.79 Å². The van der Waals surface area contributed by atoms with Crippen molar-refractivity contribution < 1.29 is 20.1 Å². The van der Waals surface area contributed by atoms with Crippen LogP contribution in [-0.2, 0) is 31.0 Å². The van der Waals surface area contributed by atoms with Crippen LogP contribution in [0.1, 0.15) is 39.3 Å². The molecule has 0 fully saturated rings. The zero-order valence-corrected chi connectivity index (χ0v) is 25.9. The summed E-state index contributed by atoms with van der Waals surface area (Å²) >= 11 is 0. The average molecular weight is 618 g/mol. The fourth-order valence-electron chi connectivity index (χ4n) is 8.51. The number of fused-ring (bicyclic) bond motifs is 14. The Kier molecular flexibility index (Phi) is 5.43. The van der Waals surface area contributed by atoms with Crippen LogP contribution in [0.3, 0.4) is 0 Å². The van der Waals surface area contributed by atoms with E-state index in [0.717, 1.165) is 61.9 Å². The average Bonchev–Trinajstić information content (AvgIpc) is 3.35. The van der Waals surface area contributed by atoms with Crippen molar-refractivity contribution >= 4 is 45.7 Å². The van der Waals surface area contributed by atoms with Gasteiger partial charge in [-0.15, -0.1) is 0 Å². The number of benzene rings is 4. The van der Waals surface area contributed by atoms with Crippen molar-refractivity contribution in [3.63, 3.8) is 0 Å². The topological polar surface area (TPSA) is 118 Å². The molecule has 5 heterocycles. The van der Waals surface area contributed by atoms with E-state index in [2.05, 4.69) is 30.2 Å². The summed E-state index contributed by atoms with van der Waals surface area (Å²) in [4.78, 5) is 24.3. The zero-order valence-electron chi connectivity index (χ0n) is 25.9. The molecule has 9 rings (SSSR count). The smallest absolute Gasteiger partial charge is 0.236 e. The number of hydrogen-bond acceptors (Lipinski definition) is 10. The summed E-state index contributed by atoms with van der Waals surface area (Å²) in [6.07, 6.45) is 0. The highest BCUT2D eigenvalue weighted by molar-refractivity contribution is 6.06. The van der Waals surface area contributed by atoms with E-state index in [9.17, 15) is 20.1 Å². The number of anilines is 7. The summed E-state index contributed by atoms with van der Waals surface area (Å²) < 4.78 is 0. The number of carbonyl (C=O) groups is 1. The number of hydrogen-bond donors (Lipinski definition) is 5. The van der Waals surface area contributed by atoms with Gasteiger partial charge in [0.1, 0.15) is 17.2 Å². The van der Waals surface area contributed by atoms with E-state index >= 15 is 0 Å². The Balaban J connectivity index is 1.18. The molecule has 5 aliphatic rings. The predicted octanol–water partition coefficient (Wildman–Crippen LogP) is 4.59. The number of amides is 1. The van der Waals surface area contributed by atoms with Crippen LogP contribution in [0.25, 0.3) is 0 Å². The van der Waals surface area contributed by atoms with E-state index < -0.39 is 5.92 Å². The summed E-state index contributed by atoms with van der Waals surface area (Å²) in [5.41, 5.74) is 11.7. The second-order valence-corrected chi connectivity index (χ2v) is 13.1. The van der Waals surface area contributed by atoms with Gasteiger partial charge in [-0.05, 0) is 41.5 Å². The second-order valence-electron chi connectivity index (χ2n) is 13.1. The number of nitrogens with zero attached hydrogens (tertiary/aromatic N) is 5. The molecule has 1 unspecified atom stereocenters. The highest BCUT2D eigenvalue weighted by Crippen LogP contribution is 2.55. The van der Waals surface area contributed by atoms with Crippen molar-refractivity contribution in [1.82, 2.24) is 0 Å². The molecular formula is C35H35N7O4. The van der Waals surface area contributed by atoms with Gasteiger partial charge in [-0.1, -0.05) is 18.2 Å². The van der Waals surface area contributed by atoms with Gasteiger partial charge in [0.25, 0.3) is 0 Å². The number of phenols is 3. The van der Waals surface area contributed by atoms with Gasteiger partial charge in [0.2, 0.25) is 5.91 Å². The van der Waals surface area contributed by atoms with Crippen LogP contribution in [0.5, 0.6) is 17.2 Å². The lowest BCUT2D eigenvalue weighted by molar-refractivity contribution is -0.116. The third kappa shape index (κ3) is 3.50. The Morgan fingerprint density at radius 1 is 0.783 bits per heavy atom. The van der Waals surface area contributed by atoms with E-state index in [1.165, 1.54) is 0 Å². The van der Waals surface area contributed by atoms with Crippen molar-refractivity contribution in [2.24, 2.45) is 0 Å². The summed E-state index contributed by atoms with van der Waals surface area (Å²) in [7, 11) is 5.72. The Morgan fingerprint density at radius 3 is 2.28 bits per heavy atom. The zero-order chi connectivity index (χ0) is 31.6. The van der Waals surface area contributed by atoms with Crippen LogP contribution in [0.4, 0.5) is 39.8 Å². The Morgan fingerprint density at radius 2 is 1.48 bits per heavy atom. The molecule has 1 atom stereocenters. The second kappa shape index (κ2) is 9.29. The summed E-state index contributed by atoms with van der Waals surface area (Å²) in [6, 6.07) is 15.2. The first kappa shape index (κ1) is 26.9. The van der Waals surface area contributed by atoms with Crippen LogP contribution in [0.15, 0.2) is 48.5 Å². The number of aromatic hydroxyl groups is 3.